The number of nitrogens with one attached hydrogen (secondary N) is 1. The average molecular weight is 233 g/mol. The first kappa shape index (κ1) is 14.2. The maximum atomic E-state index is 3.82. The minimum Gasteiger partial charge on any atom is -0.307 e. The SMILES string of the molecule is CCCC(NC(CC)C(C)C)c1ccccc1. The first-order chi connectivity index (χ1) is 8.19. The summed E-state index contributed by atoms with van der Waals surface area (Å²) in [5.41, 5.74) is 1.42. The van der Waals surface area contributed by atoms with Crippen molar-refractivity contribution in [3.05, 3.63) is 35.9 Å². The Labute approximate surface area is 107 Å². The predicted octanol–water partition coefficient (Wildman–Crippen LogP) is 4.55. The van der Waals surface area contributed by atoms with Crippen molar-refractivity contribution in [2.24, 2.45) is 5.92 Å². The van der Waals surface area contributed by atoms with Crippen LogP contribution >= 0.6 is 0 Å². The summed E-state index contributed by atoms with van der Waals surface area (Å²) in [6.07, 6.45) is 3.64. The zero-order chi connectivity index (χ0) is 12.7. The minimum absolute atomic E-state index is 0.508. The van der Waals surface area contributed by atoms with Gasteiger partial charge in [0.05, 0.1) is 0 Å². The molecule has 0 aliphatic rings. The van der Waals surface area contributed by atoms with Gasteiger partial charge in [-0.3, -0.25) is 0 Å². The van der Waals surface area contributed by atoms with Crippen molar-refractivity contribution in [1.82, 2.24) is 5.32 Å². The molecule has 0 saturated heterocycles. The molecular weight excluding hydrogens is 206 g/mol. The van der Waals surface area contributed by atoms with Crippen LogP contribution in [0.4, 0.5) is 0 Å². The van der Waals surface area contributed by atoms with Crippen LogP contribution in [0.25, 0.3) is 0 Å². The van der Waals surface area contributed by atoms with E-state index in [9.17, 15) is 0 Å². The molecule has 0 saturated carbocycles. The molecule has 1 rings (SSSR count). The molecular formula is C16H27N. The van der Waals surface area contributed by atoms with E-state index in [-0.39, 0.29) is 0 Å². The van der Waals surface area contributed by atoms with Gasteiger partial charge < -0.3 is 5.32 Å². The van der Waals surface area contributed by atoms with Crippen LogP contribution in [0.2, 0.25) is 0 Å². The number of rotatable bonds is 7. The third-order valence-electron chi connectivity index (χ3n) is 3.44. The van der Waals surface area contributed by atoms with Gasteiger partial charge in [0.25, 0.3) is 0 Å². The van der Waals surface area contributed by atoms with Crippen molar-refractivity contribution in [2.75, 3.05) is 0 Å². The molecule has 1 nitrogen and oxygen atoms in total. The Morgan fingerprint density at radius 1 is 1.06 bits per heavy atom. The summed E-state index contributed by atoms with van der Waals surface area (Å²) in [6.45, 7) is 9.13. The second kappa shape index (κ2) is 7.50. The third-order valence-corrected chi connectivity index (χ3v) is 3.44. The highest BCUT2D eigenvalue weighted by Gasteiger charge is 2.17. The van der Waals surface area contributed by atoms with E-state index < -0.39 is 0 Å². The van der Waals surface area contributed by atoms with Gasteiger partial charge in [0.15, 0.2) is 0 Å². The molecule has 0 spiro atoms. The summed E-state index contributed by atoms with van der Waals surface area (Å²) < 4.78 is 0. The molecule has 0 fully saturated rings. The van der Waals surface area contributed by atoms with Gasteiger partial charge in [-0.05, 0) is 24.3 Å². The van der Waals surface area contributed by atoms with Gasteiger partial charge >= 0.3 is 0 Å². The molecule has 1 heteroatoms. The van der Waals surface area contributed by atoms with Gasteiger partial charge in [0.1, 0.15) is 0 Å². The molecule has 0 aromatic heterocycles. The Morgan fingerprint density at radius 3 is 2.18 bits per heavy atom. The van der Waals surface area contributed by atoms with Crippen molar-refractivity contribution >= 4 is 0 Å². The summed E-state index contributed by atoms with van der Waals surface area (Å²) in [5, 5.41) is 3.82. The molecule has 1 aromatic carbocycles. The molecule has 0 heterocycles. The smallest absolute Gasteiger partial charge is 0.0322 e. The van der Waals surface area contributed by atoms with Crippen molar-refractivity contribution in [1.29, 1.82) is 0 Å². The van der Waals surface area contributed by atoms with Crippen LogP contribution in [0.15, 0.2) is 30.3 Å². The summed E-state index contributed by atoms with van der Waals surface area (Å²) >= 11 is 0. The number of hydrogen-bond acceptors (Lipinski definition) is 1. The molecule has 0 aliphatic heterocycles. The first-order valence-electron chi connectivity index (χ1n) is 7.00. The molecule has 0 radical (unpaired) electrons. The van der Waals surface area contributed by atoms with E-state index in [0.29, 0.717) is 18.0 Å². The van der Waals surface area contributed by atoms with Gasteiger partial charge in [-0.1, -0.05) is 64.4 Å². The van der Waals surface area contributed by atoms with Crippen molar-refractivity contribution in [3.8, 4) is 0 Å². The predicted molar refractivity (Wildman–Crippen MR) is 76.1 cm³/mol. The van der Waals surface area contributed by atoms with Crippen molar-refractivity contribution in [3.63, 3.8) is 0 Å². The topological polar surface area (TPSA) is 12.0 Å². The number of hydrogen-bond donors (Lipinski definition) is 1. The molecule has 2 atom stereocenters. The lowest BCUT2D eigenvalue weighted by atomic mass is 9.96. The van der Waals surface area contributed by atoms with E-state index in [4.69, 9.17) is 0 Å². The Kier molecular flexibility index (Phi) is 6.28. The average Bonchev–Trinajstić information content (AvgIpc) is 2.35. The lowest BCUT2D eigenvalue weighted by Crippen LogP contribution is -2.36. The highest BCUT2D eigenvalue weighted by atomic mass is 15.0. The van der Waals surface area contributed by atoms with Crippen molar-refractivity contribution < 1.29 is 0 Å². The van der Waals surface area contributed by atoms with E-state index >= 15 is 0 Å². The fourth-order valence-electron chi connectivity index (χ4n) is 2.36. The lowest BCUT2D eigenvalue weighted by Gasteiger charge is -2.28. The van der Waals surface area contributed by atoms with Gasteiger partial charge in [-0.15, -0.1) is 0 Å². The van der Waals surface area contributed by atoms with E-state index in [1.54, 1.807) is 0 Å². The van der Waals surface area contributed by atoms with E-state index in [2.05, 4.69) is 63.3 Å². The Morgan fingerprint density at radius 2 is 1.71 bits per heavy atom. The first-order valence-corrected chi connectivity index (χ1v) is 7.00. The van der Waals surface area contributed by atoms with Crippen LogP contribution < -0.4 is 5.32 Å². The van der Waals surface area contributed by atoms with Crippen LogP contribution in [0.5, 0.6) is 0 Å². The molecule has 96 valence electrons. The molecule has 0 bridgehead atoms. The summed E-state index contributed by atoms with van der Waals surface area (Å²) in [4.78, 5) is 0. The lowest BCUT2D eigenvalue weighted by molar-refractivity contribution is 0.334. The van der Waals surface area contributed by atoms with Crippen LogP contribution in [0.3, 0.4) is 0 Å². The van der Waals surface area contributed by atoms with Gasteiger partial charge in [-0.25, -0.2) is 0 Å². The van der Waals surface area contributed by atoms with Crippen LogP contribution in [0, 0.1) is 5.92 Å². The normalized spacial score (nSPS) is 14.9. The Balaban J connectivity index is 2.72. The zero-order valence-electron chi connectivity index (χ0n) is 11.7. The number of benzene rings is 1. The summed E-state index contributed by atoms with van der Waals surface area (Å²) in [5.74, 6) is 0.697. The molecule has 0 amide bonds. The van der Waals surface area contributed by atoms with Crippen LogP contribution in [-0.2, 0) is 0 Å². The third kappa shape index (κ3) is 4.51. The summed E-state index contributed by atoms with van der Waals surface area (Å²) in [6, 6.07) is 12.0. The maximum absolute atomic E-state index is 3.82. The monoisotopic (exact) mass is 233 g/mol. The van der Waals surface area contributed by atoms with E-state index in [1.807, 2.05) is 0 Å². The summed E-state index contributed by atoms with van der Waals surface area (Å²) in [7, 11) is 0. The highest BCUT2D eigenvalue weighted by molar-refractivity contribution is 5.19. The molecule has 0 aliphatic carbocycles. The quantitative estimate of drug-likeness (QED) is 0.728. The standard InChI is InChI=1S/C16H27N/c1-5-10-16(14-11-8-7-9-12-14)17-15(6-2)13(3)4/h7-9,11-13,15-17H,5-6,10H2,1-4H3. The van der Waals surface area contributed by atoms with Crippen LogP contribution in [0.1, 0.15) is 58.6 Å². The highest BCUT2D eigenvalue weighted by Crippen LogP contribution is 2.21. The van der Waals surface area contributed by atoms with E-state index in [0.717, 1.165) is 0 Å². The van der Waals surface area contributed by atoms with E-state index in [1.165, 1.54) is 24.8 Å². The molecule has 1 aromatic rings. The largest absolute Gasteiger partial charge is 0.307 e. The van der Waals surface area contributed by atoms with Gasteiger partial charge in [-0.2, -0.15) is 0 Å². The molecule has 17 heavy (non-hydrogen) atoms. The van der Waals surface area contributed by atoms with Crippen LogP contribution in [-0.4, -0.2) is 6.04 Å². The minimum atomic E-state index is 0.508. The molecule has 2 unspecified atom stereocenters. The fraction of sp³-hybridized carbons (Fsp3) is 0.625. The van der Waals surface area contributed by atoms with Gasteiger partial charge in [0.2, 0.25) is 0 Å². The Bertz CT molecular complexity index is 292. The second-order valence-corrected chi connectivity index (χ2v) is 5.18. The zero-order valence-corrected chi connectivity index (χ0v) is 11.7. The Hall–Kier alpha value is -0.820. The maximum Gasteiger partial charge on any atom is 0.0322 e. The fourth-order valence-corrected chi connectivity index (χ4v) is 2.36. The van der Waals surface area contributed by atoms with Gasteiger partial charge in [0, 0.05) is 12.1 Å². The molecule has 1 N–H and O–H groups in total. The second-order valence-electron chi connectivity index (χ2n) is 5.18. The van der Waals surface area contributed by atoms with Crippen molar-refractivity contribution in [2.45, 2.75) is 59.0 Å².